The highest BCUT2D eigenvalue weighted by molar-refractivity contribution is 8.03. The Kier molecular flexibility index (Phi) is 9.42. The second-order valence-electron chi connectivity index (χ2n) is 6.99. The third kappa shape index (κ3) is 7.27. The lowest BCUT2D eigenvalue weighted by Gasteiger charge is -2.14. The molecular weight excluding hydrogens is 490 g/mol. The molecule has 3 aromatic rings. The van der Waals surface area contributed by atoms with Crippen molar-refractivity contribution in [3.8, 4) is 6.01 Å². The summed E-state index contributed by atoms with van der Waals surface area (Å²) in [4.78, 5) is 28.8. The molecule has 0 aliphatic heterocycles. The number of hydrogen-bond donors (Lipinski definition) is 2. The maximum Gasteiger partial charge on any atom is 0.329 e. The van der Waals surface area contributed by atoms with E-state index in [0.717, 1.165) is 37.5 Å². The van der Waals surface area contributed by atoms with E-state index in [1.807, 2.05) is 52.0 Å². The maximum absolute atomic E-state index is 13.4. The van der Waals surface area contributed by atoms with Crippen molar-refractivity contribution < 1.29 is 9.53 Å². The fourth-order valence-corrected chi connectivity index (χ4v) is 4.81. The molecule has 0 unspecified atom stereocenters. The van der Waals surface area contributed by atoms with Gasteiger partial charge in [0.15, 0.2) is 5.16 Å². The summed E-state index contributed by atoms with van der Waals surface area (Å²) in [5, 5.41) is 10.6. The maximum atomic E-state index is 13.4. The molecule has 0 saturated heterocycles. The van der Waals surface area contributed by atoms with E-state index in [9.17, 15) is 4.79 Å². The van der Waals surface area contributed by atoms with Crippen LogP contribution in [-0.4, -0.2) is 42.5 Å². The topological polar surface area (TPSA) is 119 Å². The highest BCUT2D eigenvalue weighted by atomic mass is 32.2. The zero-order valence-corrected chi connectivity index (χ0v) is 21.9. The van der Waals surface area contributed by atoms with Crippen molar-refractivity contribution in [2.24, 2.45) is 0 Å². The lowest BCUT2D eigenvalue weighted by molar-refractivity contribution is -0.112. The molecule has 3 aromatic heterocycles. The van der Waals surface area contributed by atoms with Gasteiger partial charge in [0.2, 0.25) is 5.13 Å². The minimum atomic E-state index is -0.258. The Bertz CT molecular complexity index is 1200. The van der Waals surface area contributed by atoms with Crippen LogP contribution < -0.4 is 10.1 Å². The highest BCUT2D eigenvalue weighted by Crippen LogP contribution is 2.35. The minimum Gasteiger partial charge on any atom is -0.466 e. The number of aromatic amines is 1. The summed E-state index contributed by atoms with van der Waals surface area (Å²) >= 11 is 4.01. The molecule has 12 heteroatoms. The summed E-state index contributed by atoms with van der Waals surface area (Å²) in [5.74, 6) is -0.258. The SMILES string of the molecule is CC/C(C)=C(C(=O)Nc1nc(OC)ns1)/C(=C\C=C(/C)Sc1ncn[nH]1)Sc1ccc(C)nc1. The van der Waals surface area contributed by atoms with Crippen molar-refractivity contribution in [2.45, 2.75) is 44.2 Å². The van der Waals surface area contributed by atoms with E-state index in [0.29, 0.717) is 22.3 Å². The Hall–Kier alpha value is -2.96. The van der Waals surface area contributed by atoms with Crippen molar-refractivity contribution in [2.75, 3.05) is 12.4 Å². The lowest BCUT2D eigenvalue weighted by atomic mass is 10.1. The zero-order chi connectivity index (χ0) is 24.5. The summed E-state index contributed by atoms with van der Waals surface area (Å²) in [7, 11) is 1.48. The van der Waals surface area contributed by atoms with Gasteiger partial charge < -0.3 is 4.74 Å². The third-order valence-corrected chi connectivity index (χ3v) is 6.97. The normalized spacial score (nSPS) is 13.0. The van der Waals surface area contributed by atoms with Gasteiger partial charge in [-0.15, -0.1) is 4.37 Å². The molecule has 0 aliphatic rings. The van der Waals surface area contributed by atoms with E-state index in [2.05, 4.69) is 34.8 Å². The van der Waals surface area contributed by atoms with Crippen LogP contribution in [0.15, 0.2) is 67.8 Å². The van der Waals surface area contributed by atoms with Crippen molar-refractivity contribution in [1.82, 2.24) is 29.5 Å². The van der Waals surface area contributed by atoms with Gasteiger partial charge >= 0.3 is 6.01 Å². The number of thioether (sulfide) groups is 2. The number of methoxy groups -OCH3 is 1. The highest BCUT2D eigenvalue weighted by Gasteiger charge is 2.20. The average Bonchev–Trinajstić information content (AvgIpc) is 3.50. The van der Waals surface area contributed by atoms with Gasteiger partial charge in [-0.3, -0.25) is 20.2 Å². The van der Waals surface area contributed by atoms with Gasteiger partial charge in [0.25, 0.3) is 5.91 Å². The van der Waals surface area contributed by atoms with Crippen molar-refractivity contribution >= 4 is 46.1 Å². The predicted octanol–water partition coefficient (Wildman–Crippen LogP) is 5.41. The molecule has 0 spiro atoms. The van der Waals surface area contributed by atoms with Gasteiger partial charge in [-0.25, -0.2) is 4.98 Å². The third-order valence-electron chi connectivity index (χ3n) is 4.47. The van der Waals surface area contributed by atoms with Gasteiger partial charge in [-0.1, -0.05) is 42.1 Å². The van der Waals surface area contributed by atoms with E-state index >= 15 is 0 Å². The quantitative estimate of drug-likeness (QED) is 0.208. The first kappa shape index (κ1) is 25.7. The van der Waals surface area contributed by atoms with Gasteiger partial charge in [-0.05, 0) is 50.3 Å². The van der Waals surface area contributed by atoms with Crippen molar-refractivity contribution in [3.05, 3.63) is 63.5 Å². The van der Waals surface area contributed by atoms with E-state index < -0.39 is 0 Å². The molecule has 9 nitrogen and oxygen atoms in total. The van der Waals surface area contributed by atoms with Crippen LogP contribution in [0.25, 0.3) is 0 Å². The van der Waals surface area contributed by atoms with Crippen LogP contribution in [0.3, 0.4) is 0 Å². The zero-order valence-electron chi connectivity index (χ0n) is 19.4. The summed E-state index contributed by atoms with van der Waals surface area (Å²) < 4.78 is 9.08. The smallest absolute Gasteiger partial charge is 0.329 e. The van der Waals surface area contributed by atoms with E-state index in [1.165, 1.54) is 37.0 Å². The monoisotopic (exact) mass is 515 g/mol. The standard InChI is InChI=1S/C22H25N7O2S3/c1-6-13(2)18(19(30)26-22-27-20(31-5)29-34-22)17(33-16-9-7-14(3)23-11-16)10-8-15(4)32-21-24-12-25-28-21/h7-12H,6H2,1-5H3,(H,24,25,28)(H,26,27,29,30)/b15-8+,17-10+,18-13-. The molecule has 178 valence electrons. The van der Waals surface area contributed by atoms with Gasteiger partial charge in [0, 0.05) is 33.2 Å². The van der Waals surface area contributed by atoms with Crippen LogP contribution in [0.5, 0.6) is 6.01 Å². The molecule has 1 amide bonds. The van der Waals surface area contributed by atoms with Crippen LogP contribution in [0.4, 0.5) is 5.13 Å². The fourth-order valence-electron chi connectivity index (χ4n) is 2.63. The number of nitrogens with one attached hydrogen (secondary N) is 2. The van der Waals surface area contributed by atoms with Gasteiger partial charge in [-0.2, -0.15) is 10.1 Å². The number of ether oxygens (including phenoxy) is 1. The van der Waals surface area contributed by atoms with Crippen LogP contribution in [-0.2, 0) is 4.79 Å². The molecule has 34 heavy (non-hydrogen) atoms. The second-order valence-corrected chi connectivity index (χ2v) is 10.1. The molecular formula is C22H25N7O2S3. The Morgan fingerprint density at radius 1 is 1.24 bits per heavy atom. The Morgan fingerprint density at radius 3 is 2.68 bits per heavy atom. The molecule has 0 radical (unpaired) electrons. The number of carbonyl (C=O) groups excluding carboxylic acids is 1. The number of aromatic nitrogens is 6. The van der Waals surface area contributed by atoms with Crippen LogP contribution >= 0.6 is 35.1 Å². The number of allylic oxidation sites excluding steroid dienone is 4. The van der Waals surface area contributed by atoms with Crippen LogP contribution in [0.2, 0.25) is 0 Å². The molecule has 0 aromatic carbocycles. The lowest BCUT2D eigenvalue weighted by Crippen LogP contribution is -2.16. The number of carbonyl (C=O) groups is 1. The Balaban J connectivity index is 1.96. The number of hydrogen-bond acceptors (Lipinski definition) is 10. The first-order valence-electron chi connectivity index (χ1n) is 10.3. The van der Waals surface area contributed by atoms with E-state index in [4.69, 9.17) is 4.74 Å². The number of pyridine rings is 1. The Morgan fingerprint density at radius 2 is 2.06 bits per heavy atom. The second kappa shape index (κ2) is 12.5. The molecule has 0 aliphatic carbocycles. The number of rotatable bonds is 10. The first-order chi connectivity index (χ1) is 16.4. The van der Waals surface area contributed by atoms with Gasteiger partial charge in [0.1, 0.15) is 6.33 Å². The van der Waals surface area contributed by atoms with Crippen LogP contribution in [0, 0.1) is 6.92 Å². The molecule has 3 heterocycles. The average molecular weight is 516 g/mol. The van der Waals surface area contributed by atoms with Gasteiger partial charge in [0.05, 0.1) is 12.7 Å². The molecule has 0 fully saturated rings. The van der Waals surface area contributed by atoms with E-state index in [1.54, 1.807) is 6.20 Å². The summed E-state index contributed by atoms with van der Waals surface area (Å²) in [6.07, 6.45) is 7.89. The largest absolute Gasteiger partial charge is 0.466 e. The predicted molar refractivity (Wildman–Crippen MR) is 137 cm³/mol. The number of anilines is 1. The van der Waals surface area contributed by atoms with Crippen LogP contribution in [0.1, 0.15) is 32.9 Å². The fraction of sp³-hybridized carbons (Fsp3) is 0.273. The van der Waals surface area contributed by atoms with Crippen molar-refractivity contribution in [3.63, 3.8) is 0 Å². The minimum absolute atomic E-state index is 0.219. The number of amides is 1. The number of aryl methyl sites for hydroxylation is 1. The molecule has 0 atom stereocenters. The van der Waals surface area contributed by atoms with Crippen molar-refractivity contribution in [1.29, 1.82) is 0 Å². The molecule has 2 N–H and O–H groups in total. The molecule has 0 saturated carbocycles. The number of nitrogens with zero attached hydrogens (tertiary/aromatic N) is 5. The molecule has 3 rings (SSSR count). The summed E-state index contributed by atoms with van der Waals surface area (Å²) in [6.45, 7) is 7.89. The van der Waals surface area contributed by atoms with E-state index in [-0.39, 0.29) is 11.9 Å². The molecule has 0 bridgehead atoms. The first-order valence-corrected chi connectivity index (χ1v) is 12.7. The number of H-pyrrole nitrogens is 1. The summed E-state index contributed by atoms with van der Waals surface area (Å²) in [6, 6.07) is 4.16. The summed E-state index contributed by atoms with van der Waals surface area (Å²) in [5.41, 5.74) is 2.45. The Labute approximate surface area is 210 Å².